The van der Waals surface area contributed by atoms with Crippen LogP contribution in [0.1, 0.15) is 31.9 Å². The Morgan fingerprint density at radius 1 is 1.48 bits per heavy atom. The van der Waals surface area contributed by atoms with Crippen LogP contribution in [0.2, 0.25) is 0 Å². The molecule has 4 nitrogen and oxygen atoms in total. The van der Waals surface area contributed by atoms with E-state index in [9.17, 15) is 9.90 Å². The molecule has 114 valence electrons. The van der Waals surface area contributed by atoms with E-state index >= 15 is 0 Å². The Balaban J connectivity index is 2.04. The van der Waals surface area contributed by atoms with Crippen molar-refractivity contribution in [3.8, 4) is 5.75 Å². The number of hydrogen-bond donors (Lipinski definition) is 1. The maximum Gasteiger partial charge on any atom is 0.246 e. The Hall–Kier alpha value is -1.81. The van der Waals surface area contributed by atoms with Gasteiger partial charge in [0.25, 0.3) is 0 Å². The molecule has 2 rings (SSSR count). The second kappa shape index (κ2) is 6.31. The molecule has 0 radical (unpaired) electrons. The third-order valence-corrected chi connectivity index (χ3v) is 3.40. The van der Waals surface area contributed by atoms with Crippen LogP contribution in [0.5, 0.6) is 5.75 Å². The van der Waals surface area contributed by atoms with E-state index in [0.29, 0.717) is 13.1 Å². The minimum absolute atomic E-state index is 0.0867. The molecule has 21 heavy (non-hydrogen) atoms. The largest absolute Gasteiger partial charge is 0.493 e. The van der Waals surface area contributed by atoms with Gasteiger partial charge < -0.3 is 14.7 Å². The number of likely N-dealkylation sites (N-methyl/N-ethyl adjacent to an activating group) is 1. The average Bonchev–Trinajstić information content (AvgIpc) is 2.88. The lowest BCUT2D eigenvalue weighted by Crippen LogP contribution is -2.41. The fourth-order valence-corrected chi connectivity index (χ4v) is 2.40. The summed E-state index contributed by atoms with van der Waals surface area (Å²) < 4.78 is 5.46. The van der Waals surface area contributed by atoms with Crippen molar-refractivity contribution in [1.82, 2.24) is 4.90 Å². The van der Waals surface area contributed by atoms with Crippen molar-refractivity contribution in [3.05, 3.63) is 35.4 Å². The van der Waals surface area contributed by atoms with Crippen LogP contribution in [0, 0.1) is 0 Å². The predicted octanol–water partition coefficient (Wildman–Crippen LogP) is 2.25. The van der Waals surface area contributed by atoms with Crippen molar-refractivity contribution < 1.29 is 14.6 Å². The summed E-state index contributed by atoms with van der Waals surface area (Å²) in [7, 11) is 0. The highest BCUT2D eigenvalue weighted by atomic mass is 16.5. The van der Waals surface area contributed by atoms with Crippen molar-refractivity contribution in [2.75, 3.05) is 19.7 Å². The van der Waals surface area contributed by atoms with E-state index in [1.807, 2.05) is 25.1 Å². The molecule has 1 aromatic carbocycles. The first-order chi connectivity index (χ1) is 9.89. The van der Waals surface area contributed by atoms with Crippen LogP contribution in [0.3, 0.4) is 0 Å². The smallest absolute Gasteiger partial charge is 0.246 e. The van der Waals surface area contributed by atoms with Crippen molar-refractivity contribution >= 4 is 12.0 Å². The van der Waals surface area contributed by atoms with Crippen molar-refractivity contribution in [3.63, 3.8) is 0 Å². The Kier molecular flexibility index (Phi) is 4.68. The monoisotopic (exact) mass is 289 g/mol. The normalized spacial score (nSPS) is 14.1. The Labute approximate surface area is 126 Å². The molecule has 0 saturated carbocycles. The zero-order chi connectivity index (χ0) is 15.5. The summed E-state index contributed by atoms with van der Waals surface area (Å²) in [5, 5.41) is 9.83. The molecule has 0 aliphatic carbocycles. The van der Waals surface area contributed by atoms with Gasteiger partial charge in [0.15, 0.2) is 0 Å². The lowest BCUT2D eigenvalue weighted by Gasteiger charge is -2.27. The molecular weight excluding hydrogens is 266 g/mol. The lowest BCUT2D eigenvalue weighted by molar-refractivity contribution is -0.128. The average molecular weight is 289 g/mol. The molecule has 1 N–H and O–H groups in total. The fourth-order valence-electron chi connectivity index (χ4n) is 2.40. The van der Waals surface area contributed by atoms with Crippen LogP contribution < -0.4 is 4.74 Å². The molecule has 1 amide bonds. The summed E-state index contributed by atoms with van der Waals surface area (Å²) in [6.07, 6.45) is 4.30. The van der Waals surface area contributed by atoms with Crippen LogP contribution in [-0.2, 0) is 11.2 Å². The van der Waals surface area contributed by atoms with Crippen LogP contribution in [0.15, 0.2) is 24.3 Å². The first-order valence-electron chi connectivity index (χ1n) is 7.34. The van der Waals surface area contributed by atoms with Gasteiger partial charge in [-0.1, -0.05) is 6.07 Å². The molecule has 1 aliphatic heterocycles. The first kappa shape index (κ1) is 15.6. The fraction of sp³-hybridized carbons (Fsp3) is 0.471. The number of hydrogen-bond acceptors (Lipinski definition) is 3. The van der Waals surface area contributed by atoms with Gasteiger partial charge in [-0.25, -0.2) is 0 Å². The zero-order valence-electron chi connectivity index (χ0n) is 12.9. The lowest BCUT2D eigenvalue weighted by atomic mass is 10.1. The number of carbonyl (C=O) groups excluding carboxylic acids is 1. The van der Waals surface area contributed by atoms with Crippen molar-refractivity contribution in [1.29, 1.82) is 0 Å². The maximum absolute atomic E-state index is 12.2. The molecule has 1 aromatic rings. The molecule has 0 saturated heterocycles. The molecular formula is C17H23NO3. The van der Waals surface area contributed by atoms with Gasteiger partial charge in [0.05, 0.1) is 12.2 Å². The third-order valence-electron chi connectivity index (χ3n) is 3.40. The molecule has 0 spiro atoms. The topological polar surface area (TPSA) is 49.8 Å². The summed E-state index contributed by atoms with van der Waals surface area (Å²) in [6.45, 7) is 6.94. The van der Waals surface area contributed by atoms with E-state index < -0.39 is 5.60 Å². The molecule has 0 atom stereocenters. The number of aliphatic hydroxyl groups is 1. The summed E-state index contributed by atoms with van der Waals surface area (Å²) in [5.74, 6) is 0.854. The Bertz CT molecular complexity index is 543. The molecule has 4 heteroatoms. The van der Waals surface area contributed by atoms with Crippen molar-refractivity contribution in [2.45, 2.75) is 32.8 Å². The summed E-state index contributed by atoms with van der Waals surface area (Å²) in [6, 6.07) is 5.94. The standard InChI is InChI=1S/C17H23NO3/c1-4-18(12-17(2,3)20)16(19)8-6-13-5-7-15-14(11-13)9-10-21-15/h5-8,11,20H,4,9-10,12H2,1-3H3. The highest BCUT2D eigenvalue weighted by Gasteiger charge is 2.19. The summed E-state index contributed by atoms with van der Waals surface area (Å²) in [4.78, 5) is 13.8. The number of amides is 1. The molecule has 0 aromatic heterocycles. The predicted molar refractivity (Wildman–Crippen MR) is 83.2 cm³/mol. The minimum Gasteiger partial charge on any atom is -0.493 e. The quantitative estimate of drug-likeness (QED) is 0.846. The van der Waals surface area contributed by atoms with Crippen LogP contribution in [0.25, 0.3) is 6.08 Å². The Morgan fingerprint density at radius 2 is 2.24 bits per heavy atom. The van der Waals surface area contributed by atoms with Crippen LogP contribution >= 0.6 is 0 Å². The summed E-state index contributed by atoms with van der Waals surface area (Å²) in [5.41, 5.74) is 1.30. The van der Waals surface area contributed by atoms with Gasteiger partial charge in [0, 0.05) is 25.6 Å². The minimum atomic E-state index is -0.885. The van der Waals surface area contributed by atoms with Gasteiger partial charge in [0.1, 0.15) is 5.75 Å². The van der Waals surface area contributed by atoms with Crippen molar-refractivity contribution in [2.24, 2.45) is 0 Å². The van der Waals surface area contributed by atoms with E-state index in [0.717, 1.165) is 24.3 Å². The van der Waals surface area contributed by atoms with E-state index in [1.54, 1.807) is 24.8 Å². The number of benzene rings is 1. The number of ether oxygens (including phenoxy) is 1. The molecule has 1 heterocycles. The highest BCUT2D eigenvalue weighted by molar-refractivity contribution is 5.91. The van der Waals surface area contributed by atoms with E-state index in [4.69, 9.17) is 4.74 Å². The first-order valence-corrected chi connectivity index (χ1v) is 7.34. The van der Waals surface area contributed by atoms with E-state index in [2.05, 4.69) is 6.07 Å². The van der Waals surface area contributed by atoms with Gasteiger partial charge >= 0.3 is 0 Å². The molecule has 0 unspecified atom stereocenters. The zero-order valence-corrected chi connectivity index (χ0v) is 12.9. The van der Waals surface area contributed by atoms with Gasteiger partial charge in [-0.3, -0.25) is 4.79 Å². The SMILES string of the molecule is CCN(CC(C)(C)O)C(=O)C=Cc1ccc2c(c1)CCO2. The number of fused-ring (bicyclic) bond motifs is 1. The highest BCUT2D eigenvalue weighted by Crippen LogP contribution is 2.26. The Morgan fingerprint density at radius 3 is 2.90 bits per heavy atom. The number of nitrogens with zero attached hydrogens (tertiary/aromatic N) is 1. The maximum atomic E-state index is 12.2. The van der Waals surface area contributed by atoms with E-state index in [-0.39, 0.29) is 5.91 Å². The van der Waals surface area contributed by atoms with Gasteiger partial charge in [-0.15, -0.1) is 0 Å². The van der Waals surface area contributed by atoms with E-state index in [1.165, 1.54) is 5.56 Å². The van der Waals surface area contributed by atoms with Gasteiger partial charge in [0.2, 0.25) is 5.91 Å². The molecule has 1 aliphatic rings. The van der Waals surface area contributed by atoms with Gasteiger partial charge in [-0.05, 0) is 50.1 Å². The van der Waals surface area contributed by atoms with Crippen LogP contribution in [0.4, 0.5) is 0 Å². The second-order valence-corrected chi connectivity index (χ2v) is 5.96. The summed E-state index contributed by atoms with van der Waals surface area (Å²) >= 11 is 0. The number of rotatable bonds is 5. The third kappa shape index (κ3) is 4.33. The number of carbonyl (C=O) groups is 1. The van der Waals surface area contributed by atoms with Gasteiger partial charge in [-0.2, -0.15) is 0 Å². The second-order valence-electron chi connectivity index (χ2n) is 5.96. The van der Waals surface area contributed by atoms with Crippen LogP contribution in [-0.4, -0.2) is 41.2 Å². The molecule has 0 fully saturated rings. The molecule has 0 bridgehead atoms.